The minimum atomic E-state index is -4.00. The Morgan fingerprint density at radius 2 is 0.517 bits per heavy atom. The Labute approximate surface area is 360 Å². The molecule has 5 fully saturated rings. The fourth-order valence-corrected chi connectivity index (χ4v) is 6.33. The van der Waals surface area contributed by atoms with Crippen LogP contribution in [0.4, 0.5) is 0 Å². The summed E-state index contributed by atoms with van der Waals surface area (Å²) in [6.07, 6.45) is 13.1. The van der Waals surface area contributed by atoms with Crippen molar-refractivity contribution < 1.29 is 63.4 Å². The van der Waals surface area contributed by atoms with Crippen molar-refractivity contribution in [2.24, 2.45) is 0 Å². The summed E-state index contributed by atoms with van der Waals surface area (Å²) < 4.78 is 0. The van der Waals surface area contributed by atoms with Crippen molar-refractivity contribution in [3.8, 4) is 0 Å². The minimum absolute atomic E-state index is 0. The second kappa shape index (κ2) is 39.8. The molecule has 4 N–H and O–H groups in total. The molecule has 5 aliphatic heterocycles. The molecule has 5 saturated heterocycles. The summed E-state index contributed by atoms with van der Waals surface area (Å²) in [5, 5.41) is 89.4. The van der Waals surface area contributed by atoms with Gasteiger partial charge in [0.15, 0.2) is 0 Å². The van der Waals surface area contributed by atoms with E-state index in [1.54, 1.807) is 0 Å². The molecule has 0 unspecified atom stereocenters. The maximum absolute atomic E-state index is 9.15. The average molecular weight is 934 g/mol. The number of quaternary nitrogens is 2. The van der Waals surface area contributed by atoms with Gasteiger partial charge in [-0.3, -0.25) is 0 Å². The van der Waals surface area contributed by atoms with Gasteiger partial charge in [0, 0.05) is 0 Å². The molecule has 0 aromatic carbocycles. The van der Waals surface area contributed by atoms with Gasteiger partial charge in [-0.25, -0.2) is 0 Å². The zero-order valence-corrected chi connectivity index (χ0v) is 35.1. The summed E-state index contributed by atoms with van der Waals surface area (Å²) in [4.78, 5) is 33.6. The van der Waals surface area contributed by atoms with E-state index in [4.69, 9.17) is 61.9 Å². The maximum Gasteiger partial charge on any atom is 3.00 e. The van der Waals surface area contributed by atoms with Gasteiger partial charge in [-0.1, -0.05) is 0 Å². The third-order valence-corrected chi connectivity index (χ3v) is 8.72. The molecule has 4 bridgehead atoms. The van der Waals surface area contributed by atoms with Gasteiger partial charge >= 0.3 is 33.0 Å². The Kier molecular flexibility index (Phi) is 41.8. The second-order valence-electron chi connectivity index (χ2n) is 13.4. The first-order valence-corrected chi connectivity index (χ1v) is 19.3. The molecule has 0 spiro atoms. The van der Waals surface area contributed by atoms with Gasteiger partial charge in [-0.15, -0.1) is 0 Å². The van der Waals surface area contributed by atoms with E-state index in [1.165, 1.54) is 195 Å². The predicted molar refractivity (Wildman–Crippen MR) is 207 cm³/mol. The van der Waals surface area contributed by atoms with E-state index in [0.29, 0.717) is 0 Å². The van der Waals surface area contributed by atoms with Crippen molar-refractivity contribution >= 4 is 0 Å². The zero-order valence-electron chi connectivity index (χ0n) is 33.1. The Balaban J connectivity index is -0.000000719. The van der Waals surface area contributed by atoms with Gasteiger partial charge in [-0.2, -0.15) is 0 Å². The molecule has 28 heteroatoms. The van der Waals surface area contributed by atoms with Crippen LogP contribution >= 0.6 is 0 Å². The molecule has 2 radical (unpaired) electrons. The Hall–Kier alpha value is -1.33. The number of nitrogens with one attached hydrogen (secondary N) is 4. The molecule has 0 atom stereocenters. The Morgan fingerprint density at radius 3 is 0.638 bits per heavy atom. The Morgan fingerprint density at radius 1 is 0.397 bits per heavy atom. The molecular formula is C30H64N12Ni2O14. The molecule has 26 nitrogen and oxygen atoms in total. The summed E-state index contributed by atoms with van der Waals surface area (Å²) in [6, 6.07) is 0. The monoisotopic (exact) mass is 932 g/mol. The molecule has 58 heavy (non-hydrogen) atoms. The smallest absolute Gasteiger partial charge is 0.629 e. The third kappa shape index (κ3) is 50.8. The van der Waals surface area contributed by atoms with Crippen LogP contribution in [0.25, 0.3) is 0 Å². The van der Waals surface area contributed by atoms with E-state index in [1.807, 2.05) is 0 Å². The van der Waals surface area contributed by atoms with E-state index < -0.39 is 20.4 Å². The number of hydrogen-bond donors (Lipinski definition) is 4. The largest absolute Gasteiger partial charge is 3.00 e. The van der Waals surface area contributed by atoms with Crippen LogP contribution in [0.2, 0.25) is 0 Å². The molecule has 0 aliphatic carbocycles. The SMILES string of the molecule is C1CNCCCN2CCCNCCCN(C1)CCC2.C1CNCCCN2CCCNCCCN(C1)CCC2.O=[N+]([O-])[O-].O=[N+]([O-])[O-].[Ni+3].[Ni+3].[O-][N+]([O-])([O-])[O-].[O-][N+]1([O-])OO1. The van der Waals surface area contributed by atoms with Crippen LogP contribution in [0.15, 0.2) is 0 Å². The van der Waals surface area contributed by atoms with Gasteiger partial charge in [0.25, 0.3) is 0 Å². The molecule has 348 valence electrons. The number of fused-ring (bicyclic) bond motifs is 8. The molecule has 5 rings (SSSR count). The van der Waals surface area contributed by atoms with Crippen molar-refractivity contribution in [1.82, 2.24) is 40.9 Å². The summed E-state index contributed by atoms with van der Waals surface area (Å²) in [7, 11) is 0. The van der Waals surface area contributed by atoms with Crippen molar-refractivity contribution in [3.63, 3.8) is 0 Å². The zero-order chi connectivity index (χ0) is 41.9. The normalized spacial score (nSPS) is 26.0. The van der Waals surface area contributed by atoms with Gasteiger partial charge in [0.2, 0.25) is 0 Å². The van der Waals surface area contributed by atoms with E-state index in [2.05, 4.69) is 50.8 Å². The van der Waals surface area contributed by atoms with Gasteiger partial charge in [0.05, 0.1) is 20.1 Å². The van der Waals surface area contributed by atoms with Gasteiger partial charge in [0.1, 0.15) is 0 Å². The first kappa shape index (κ1) is 61.0. The standard InChI is InChI=1S/2C15H32N4.2NO4.2NO3.2Ni/c2*1-6-16-7-2-12-19-13-4-9-17-8-3-11-18(10-1)14-5-15-19;2-1(3)4-5-1;2-1(3,4)5;2*2-1(3)4;;/h2*16-17H,1-15H2;;;;;;/q;;-1;-3;2*-1;2*+3. The van der Waals surface area contributed by atoms with Crippen molar-refractivity contribution in [2.45, 2.75) is 64.2 Å². The minimum Gasteiger partial charge on any atom is -0.629 e. The van der Waals surface area contributed by atoms with Crippen LogP contribution in [0.1, 0.15) is 64.2 Å². The van der Waals surface area contributed by atoms with Crippen LogP contribution in [0.3, 0.4) is 0 Å². The molecule has 0 saturated carbocycles. The van der Waals surface area contributed by atoms with Crippen LogP contribution in [-0.4, -0.2) is 171 Å². The fourth-order valence-electron chi connectivity index (χ4n) is 6.33. The molecule has 0 aromatic heterocycles. The van der Waals surface area contributed by atoms with E-state index >= 15 is 0 Å². The topological polar surface area (TPSA) is 357 Å². The molecule has 0 amide bonds. The van der Waals surface area contributed by atoms with Crippen molar-refractivity contribution in [3.05, 3.63) is 61.9 Å². The van der Waals surface area contributed by atoms with Crippen molar-refractivity contribution in [2.75, 3.05) is 131 Å². The van der Waals surface area contributed by atoms with Crippen LogP contribution in [-0.2, 0) is 43.0 Å². The first-order chi connectivity index (χ1) is 26.6. The first-order valence-electron chi connectivity index (χ1n) is 19.3. The van der Waals surface area contributed by atoms with E-state index in [9.17, 15) is 0 Å². The predicted octanol–water partition coefficient (Wildman–Crippen LogP) is 0.396. The fraction of sp³-hybridized carbons (Fsp3) is 1.00. The quantitative estimate of drug-likeness (QED) is 0.0485. The van der Waals surface area contributed by atoms with Crippen molar-refractivity contribution in [1.29, 1.82) is 0 Å². The summed E-state index contributed by atoms with van der Waals surface area (Å²) in [6.45, 7) is 24.8. The third-order valence-electron chi connectivity index (χ3n) is 8.72. The Bertz CT molecular complexity index is 803. The van der Waals surface area contributed by atoms with Crippen LogP contribution < -0.4 is 21.3 Å². The van der Waals surface area contributed by atoms with Gasteiger partial charge < -0.3 is 108 Å². The summed E-state index contributed by atoms with van der Waals surface area (Å²) in [5.41, 5.74) is 0. The molecular weight excluding hydrogens is 870 g/mol. The summed E-state index contributed by atoms with van der Waals surface area (Å²) >= 11 is 0. The van der Waals surface area contributed by atoms with Gasteiger partial charge in [-0.05, 0) is 200 Å². The molecule has 5 aliphatic rings. The average Bonchev–Trinajstić information content (AvgIpc) is 3.78. The van der Waals surface area contributed by atoms with E-state index in [-0.39, 0.29) is 33.0 Å². The number of hydrogen-bond acceptors (Lipinski definition) is 22. The maximum atomic E-state index is 9.15. The molecule has 5 heterocycles. The number of nitrogens with zero attached hydrogens (tertiary/aromatic N) is 8. The summed E-state index contributed by atoms with van der Waals surface area (Å²) in [5.74, 6) is 0. The van der Waals surface area contributed by atoms with E-state index in [0.717, 1.165) is 0 Å². The van der Waals surface area contributed by atoms with Crippen LogP contribution in [0.5, 0.6) is 0 Å². The molecule has 0 aromatic rings. The van der Waals surface area contributed by atoms with Crippen LogP contribution in [0, 0.1) is 61.9 Å². The second-order valence-corrected chi connectivity index (χ2v) is 13.4. The number of rotatable bonds is 0.